The van der Waals surface area contributed by atoms with E-state index in [4.69, 9.17) is 5.11 Å². The molecule has 108 valence electrons. The number of carboxylic acids is 1. The van der Waals surface area contributed by atoms with Gasteiger partial charge in [0.2, 0.25) is 5.91 Å². The van der Waals surface area contributed by atoms with Crippen LogP contribution in [-0.2, 0) is 9.59 Å². The van der Waals surface area contributed by atoms with Crippen molar-refractivity contribution < 1.29 is 19.8 Å². The molecule has 0 aromatic heterocycles. The fourth-order valence-electron chi connectivity index (χ4n) is 1.65. The molecule has 0 saturated heterocycles. The summed E-state index contributed by atoms with van der Waals surface area (Å²) in [5.74, 6) is -1.40. The van der Waals surface area contributed by atoms with Crippen molar-refractivity contribution in [2.45, 2.75) is 19.4 Å². The first kappa shape index (κ1) is 15.7. The van der Waals surface area contributed by atoms with Gasteiger partial charge in [-0.05, 0) is 30.7 Å². The van der Waals surface area contributed by atoms with Crippen molar-refractivity contribution in [2.24, 2.45) is 0 Å². The molecule has 1 amide bonds. The summed E-state index contributed by atoms with van der Waals surface area (Å²) in [4.78, 5) is 22.8. The minimum absolute atomic E-state index is 0.108. The molecular weight excluding hydrogens is 260 g/mol. The zero-order chi connectivity index (χ0) is 15.1. The molecule has 1 aromatic carbocycles. The number of anilines is 1. The smallest absolute Gasteiger partial charge is 0.321 e. The van der Waals surface area contributed by atoms with Gasteiger partial charge in [-0.3, -0.25) is 9.59 Å². The number of hydrogen-bond acceptors (Lipinski definition) is 4. The summed E-state index contributed by atoms with van der Waals surface area (Å²) in [6, 6.07) is 3.56. The second kappa shape index (κ2) is 7.30. The van der Waals surface area contributed by atoms with E-state index in [1.807, 2.05) is 0 Å². The van der Waals surface area contributed by atoms with E-state index in [1.165, 1.54) is 18.2 Å². The number of aliphatic carboxylic acids is 1. The molecule has 1 atom stereocenters. The topological polar surface area (TPSA) is 98.7 Å². The first-order valence-electron chi connectivity index (χ1n) is 6.10. The van der Waals surface area contributed by atoms with E-state index in [9.17, 15) is 14.7 Å². The summed E-state index contributed by atoms with van der Waals surface area (Å²) < 4.78 is 0. The van der Waals surface area contributed by atoms with Gasteiger partial charge in [0.15, 0.2) is 0 Å². The van der Waals surface area contributed by atoms with Crippen molar-refractivity contribution >= 4 is 17.6 Å². The number of phenolic OH excluding ortho intramolecular Hbond substituents is 1. The quantitative estimate of drug-likeness (QED) is 0.444. The Balaban J connectivity index is 2.65. The van der Waals surface area contributed by atoms with Crippen molar-refractivity contribution in [3.63, 3.8) is 0 Å². The lowest BCUT2D eigenvalue weighted by Crippen LogP contribution is -2.39. The molecule has 0 aliphatic rings. The minimum atomic E-state index is -1.09. The Morgan fingerprint density at radius 2 is 2.15 bits per heavy atom. The van der Waals surface area contributed by atoms with E-state index in [0.717, 1.165) is 0 Å². The average molecular weight is 278 g/mol. The lowest BCUT2D eigenvalue weighted by molar-refractivity contribution is -0.140. The van der Waals surface area contributed by atoms with Crippen LogP contribution in [0.5, 0.6) is 5.75 Å². The monoisotopic (exact) mass is 278 g/mol. The summed E-state index contributed by atoms with van der Waals surface area (Å²) in [7, 11) is 0. The second-order valence-corrected chi connectivity index (χ2v) is 4.34. The first-order valence-corrected chi connectivity index (χ1v) is 6.10. The molecule has 0 unspecified atom stereocenters. The molecule has 0 fully saturated rings. The molecule has 0 radical (unpaired) electrons. The molecule has 1 rings (SSSR count). The summed E-state index contributed by atoms with van der Waals surface area (Å²) in [6.07, 6.45) is 1.33. The van der Waals surface area contributed by atoms with Crippen LogP contribution in [0.15, 0.2) is 30.9 Å². The third kappa shape index (κ3) is 4.74. The van der Waals surface area contributed by atoms with Gasteiger partial charge in [-0.25, -0.2) is 0 Å². The van der Waals surface area contributed by atoms with Crippen LogP contribution in [-0.4, -0.2) is 34.7 Å². The summed E-state index contributed by atoms with van der Waals surface area (Å²) in [5.41, 5.74) is 1.24. The van der Waals surface area contributed by atoms with E-state index in [-0.39, 0.29) is 12.2 Å². The van der Waals surface area contributed by atoms with Gasteiger partial charge in [0.05, 0.1) is 6.42 Å². The number of aromatic hydroxyl groups is 1. The molecule has 0 aliphatic heterocycles. The van der Waals surface area contributed by atoms with Crippen LogP contribution in [0, 0.1) is 6.92 Å². The molecule has 1 aromatic rings. The zero-order valence-electron chi connectivity index (χ0n) is 11.2. The Bertz CT molecular complexity index is 514. The third-order valence-corrected chi connectivity index (χ3v) is 2.68. The van der Waals surface area contributed by atoms with Gasteiger partial charge in [-0.2, -0.15) is 0 Å². The van der Waals surface area contributed by atoms with Gasteiger partial charge in [0.25, 0.3) is 0 Å². The van der Waals surface area contributed by atoms with Crippen LogP contribution in [0.3, 0.4) is 0 Å². The summed E-state index contributed by atoms with van der Waals surface area (Å²) in [6.45, 7) is 5.52. The highest BCUT2D eigenvalue weighted by atomic mass is 16.4. The Morgan fingerprint density at radius 1 is 1.45 bits per heavy atom. The Labute approximate surface area is 117 Å². The third-order valence-electron chi connectivity index (χ3n) is 2.68. The number of carbonyl (C=O) groups excluding carboxylic acids is 1. The Kier molecular flexibility index (Phi) is 5.74. The van der Waals surface area contributed by atoms with E-state index < -0.39 is 17.9 Å². The minimum Gasteiger partial charge on any atom is -0.508 e. The Hall–Kier alpha value is -2.34. The van der Waals surface area contributed by atoms with E-state index >= 15 is 0 Å². The molecule has 0 spiro atoms. The number of aryl methyl sites for hydroxylation is 1. The molecular formula is C14H18N2O4. The molecule has 0 saturated carbocycles. The average Bonchev–Trinajstić information content (AvgIpc) is 2.37. The Morgan fingerprint density at radius 3 is 2.70 bits per heavy atom. The van der Waals surface area contributed by atoms with Crippen LogP contribution in [0.2, 0.25) is 0 Å². The van der Waals surface area contributed by atoms with E-state index in [2.05, 4.69) is 17.2 Å². The number of hydrogen-bond donors (Lipinski definition) is 4. The second-order valence-electron chi connectivity index (χ2n) is 4.34. The number of rotatable bonds is 7. The van der Waals surface area contributed by atoms with Crippen molar-refractivity contribution in [3.05, 3.63) is 36.4 Å². The highest BCUT2D eigenvalue weighted by molar-refractivity contribution is 5.94. The van der Waals surface area contributed by atoms with Crippen molar-refractivity contribution in [1.29, 1.82) is 0 Å². The molecule has 0 aliphatic carbocycles. The number of benzene rings is 1. The van der Waals surface area contributed by atoms with Crippen molar-refractivity contribution in [1.82, 2.24) is 5.32 Å². The number of amides is 1. The number of phenols is 1. The van der Waals surface area contributed by atoms with Gasteiger partial charge in [-0.15, -0.1) is 6.58 Å². The van der Waals surface area contributed by atoms with Gasteiger partial charge in [0.1, 0.15) is 11.8 Å². The van der Waals surface area contributed by atoms with Crippen LogP contribution >= 0.6 is 0 Å². The fourth-order valence-corrected chi connectivity index (χ4v) is 1.65. The normalized spacial score (nSPS) is 11.7. The molecule has 6 nitrogen and oxygen atoms in total. The van der Waals surface area contributed by atoms with Gasteiger partial charge >= 0.3 is 5.97 Å². The van der Waals surface area contributed by atoms with Crippen molar-refractivity contribution in [3.8, 4) is 5.75 Å². The number of carbonyl (C=O) groups is 2. The van der Waals surface area contributed by atoms with Crippen LogP contribution < -0.4 is 10.6 Å². The van der Waals surface area contributed by atoms with Gasteiger partial charge in [0, 0.05) is 12.2 Å². The summed E-state index contributed by atoms with van der Waals surface area (Å²) >= 11 is 0. The molecule has 20 heavy (non-hydrogen) atoms. The maximum Gasteiger partial charge on any atom is 0.321 e. The number of carboxylic acid groups (broad SMARTS) is 1. The van der Waals surface area contributed by atoms with E-state index in [0.29, 0.717) is 17.8 Å². The zero-order valence-corrected chi connectivity index (χ0v) is 11.2. The fraction of sp³-hybridized carbons (Fsp3) is 0.286. The highest BCUT2D eigenvalue weighted by Crippen LogP contribution is 2.20. The maximum absolute atomic E-state index is 11.8. The lowest BCUT2D eigenvalue weighted by atomic mass is 10.1. The molecule has 0 heterocycles. The van der Waals surface area contributed by atoms with Gasteiger partial charge < -0.3 is 20.8 Å². The van der Waals surface area contributed by atoms with Crippen LogP contribution in [0.4, 0.5) is 5.69 Å². The molecule has 4 N–H and O–H groups in total. The first-order chi connectivity index (χ1) is 9.43. The number of nitrogens with one attached hydrogen (secondary N) is 2. The predicted octanol–water partition coefficient (Wildman–Crippen LogP) is 1.26. The highest BCUT2D eigenvalue weighted by Gasteiger charge is 2.20. The SMILES string of the molecule is C=CCN[C@H](CC(=O)Nc1ccc(O)cc1C)C(=O)O. The molecule has 6 heteroatoms. The summed E-state index contributed by atoms with van der Waals surface area (Å²) in [5, 5.41) is 23.6. The molecule has 0 bridgehead atoms. The van der Waals surface area contributed by atoms with Gasteiger partial charge in [-0.1, -0.05) is 6.08 Å². The van der Waals surface area contributed by atoms with Crippen molar-refractivity contribution in [2.75, 3.05) is 11.9 Å². The maximum atomic E-state index is 11.8. The largest absolute Gasteiger partial charge is 0.508 e. The standard InChI is InChI=1S/C14H18N2O4/c1-3-6-15-12(14(19)20)8-13(18)16-11-5-4-10(17)7-9(11)2/h3-5,7,12,15,17H,1,6,8H2,2H3,(H,16,18)(H,19,20)/t12-/m1/s1. The van der Waals surface area contributed by atoms with Crippen LogP contribution in [0.25, 0.3) is 0 Å². The van der Waals surface area contributed by atoms with E-state index in [1.54, 1.807) is 13.0 Å². The van der Waals surface area contributed by atoms with Crippen LogP contribution in [0.1, 0.15) is 12.0 Å². The predicted molar refractivity (Wildman–Crippen MR) is 75.7 cm³/mol. The lowest BCUT2D eigenvalue weighted by Gasteiger charge is -2.14.